The first-order chi connectivity index (χ1) is 11.0. The molecular weight excluding hydrogens is 303 g/mol. The highest BCUT2D eigenvalue weighted by Crippen LogP contribution is 2.56. The third-order valence-electron chi connectivity index (χ3n) is 4.99. The van der Waals surface area contributed by atoms with Gasteiger partial charge in [-0.05, 0) is 18.3 Å². The van der Waals surface area contributed by atoms with Gasteiger partial charge in [0, 0.05) is 17.0 Å². The molecule has 2 aromatic rings. The summed E-state index contributed by atoms with van der Waals surface area (Å²) in [5.74, 6) is 0.709. The Morgan fingerprint density at radius 2 is 1.39 bits per heavy atom. The first-order valence-corrected chi connectivity index (χ1v) is 10.1. The van der Waals surface area contributed by atoms with E-state index < -0.39 is 7.14 Å². The minimum Gasteiger partial charge on any atom is -0.313 e. The first-order valence-electron chi connectivity index (χ1n) is 8.29. The first kappa shape index (κ1) is 16.2. The Morgan fingerprint density at radius 3 is 1.83 bits per heavy atom. The third kappa shape index (κ3) is 2.81. The topological polar surface area (TPSA) is 34.1 Å². The van der Waals surface area contributed by atoms with E-state index in [4.69, 9.17) is 0 Å². The number of carbonyl (C=O) groups excluding carboxylic acids is 1. The van der Waals surface area contributed by atoms with Crippen LogP contribution in [0.2, 0.25) is 0 Å². The Hall–Kier alpha value is -1.66. The van der Waals surface area contributed by atoms with E-state index in [9.17, 15) is 9.36 Å². The van der Waals surface area contributed by atoms with Crippen LogP contribution in [0.4, 0.5) is 0 Å². The summed E-state index contributed by atoms with van der Waals surface area (Å²) in [6.07, 6.45) is 1.40. The van der Waals surface area contributed by atoms with Crippen LogP contribution in [0.5, 0.6) is 0 Å². The van der Waals surface area contributed by atoms with E-state index in [0.717, 1.165) is 17.0 Å². The predicted octanol–water partition coefficient (Wildman–Crippen LogP) is 4.00. The highest BCUT2D eigenvalue weighted by molar-refractivity contribution is 7.80. The zero-order chi connectivity index (χ0) is 16.4. The lowest BCUT2D eigenvalue weighted by molar-refractivity contribution is -0.117. The molecule has 2 aromatic carbocycles. The molecule has 1 aliphatic rings. The van der Waals surface area contributed by atoms with Gasteiger partial charge >= 0.3 is 0 Å². The van der Waals surface area contributed by atoms with Gasteiger partial charge in [0.15, 0.2) is 7.14 Å². The quantitative estimate of drug-likeness (QED) is 0.796. The summed E-state index contributed by atoms with van der Waals surface area (Å²) in [5.41, 5.74) is -0.382. The molecule has 23 heavy (non-hydrogen) atoms. The van der Waals surface area contributed by atoms with Crippen molar-refractivity contribution in [1.29, 1.82) is 0 Å². The molecule has 0 amide bonds. The molecule has 0 bridgehead atoms. The van der Waals surface area contributed by atoms with Crippen LogP contribution in [0.25, 0.3) is 0 Å². The number of carbonyl (C=O) groups is 1. The molecule has 3 heteroatoms. The standard InChI is InChI=1S/C20H23O2P/c1-15(2)18-13-14-19(21)20(18)23(22,16-9-5-3-6-10-16)17-11-7-4-8-12-17/h3-12,15,18,20H,13-14H2,1-2H3/t18-,20-/m0/s1. The summed E-state index contributed by atoms with van der Waals surface area (Å²) in [7, 11) is -2.99. The SMILES string of the molecule is CC(C)[C@@H]1CCC(=O)[C@H]1P(=O)(c1ccccc1)c1ccccc1. The number of benzene rings is 2. The second-order valence-corrected chi connectivity index (χ2v) is 9.59. The summed E-state index contributed by atoms with van der Waals surface area (Å²) in [5, 5.41) is 1.61. The molecule has 0 radical (unpaired) electrons. The van der Waals surface area contributed by atoms with E-state index >= 15 is 0 Å². The molecule has 0 heterocycles. The van der Waals surface area contributed by atoms with E-state index in [0.29, 0.717) is 12.3 Å². The Bertz CT molecular complexity index is 678. The smallest absolute Gasteiger partial charge is 0.153 e. The van der Waals surface area contributed by atoms with Gasteiger partial charge in [-0.25, -0.2) is 0 Å². The van der Waals surface area contributed by atoms with E-state index in [1.165, 1.54) is 0 Å². The van der Waals surface area contributed by atoms with Gasteiger partial charge in [0.1, 0.15) is 5.78 Å². The fourth-order valence-corrected chi connectivity index (χ4v) is 7.53. The third-order valence-corrected chi connectivity index (χ3v) is 8.57. The molecule has 3 rings (SSSR count). The van der Waals surface area contributed by atoms with Crippen molar-refractivity contribution in [2.24, 2.45) is 11.8 Å². The number of Topliss-reactive ketones (excluding diaryl/α,β-unsaturated/α-hetero) is 1. The van der Waals surface area contributed by atoms with Crippen LogP contribution < -0.4 is 10.6 Å². The maximum atomic E-state index is 14.3. The van der Waals surface area contributed by atoms with Crippen molar-refractivity contribution >= 4 is 23.5 Å². The number of ketones is 1. The molecule has 0 aromatic heterocycles. The molecule has 1 fully saturated rings. The maximum absolute atomic E-state index is 14.3. The molecule has 120 valence electrons. The van der Waals surface area contributed by atoms with Gasteiger partial charge in [0.25, 0.3) is 0 Å². The average molecular weight is 326 g/mol. The van der Waals surface area contributed by atoms with Crippen molar-refractivity contribution in [2.75, 3.05) is 0 Å². The highest BCUT2D eigenvalue weighted by atomic mass is 31.2. The van der Waals surface area contributed by atoms with Crippen LogP contribution >= 0.6 is 7.14 Å². The van der Waals surface area contributed by atoms with E-state index in [-0.39, 0.29) is 17.4 Å². The maximum Gasteiger partial charge on any atom is 0.153 e. The van der Waals surface area contributed by atoms with Gasteiger partial charge in [-0.3, -0.25) is 4.79 Å². The van der Waals surface area contributed by atoms with Crippen LogP contribution in [0.3, 0.4) is 0 Å². The molecule has 0 aliphatic heterocycles. The molecule has 1 aliphatic carbocycles. The normalized spacial score (nSPS) is 21.8. The van der Waals surface area contributed by atoms with E-state index in [1.807, 2.05) is 60.7 Å². The van der Waals surface area contributed by atoms with Crippen LogP contribution in [0.15, 0.2) is 60.7 Å². The summed E-state index contributed by atoms with van der Waals surface area (Å²) in [6.45, 7) is 4.27. The van der Waals surface area contributed by atoms with Gasteiger partial charge in [-0.1, -0.05) is 74.5 Å². The largest absolute Gasteiger partial charge is 0.313 e. The van der Waals surface area contributed by atoms with E-state index in [2.05, 4.69) is 13.8 Å². The zero-order valence-electron chi connectivity index (χ0n) is 13.7. The lowest BCUT2D eigenvalue weighted by atomic mass is 9.94. The van der Waals surface area contributed by atoms with Crippen LogP contribution in [0, 0.1) is 11.8 Å². The van der Waals surface area contributed by atoms with Crippen molar-refractivity contribution in [3.8, 4) is 0 Å². The summed E-state index contributed by atoms with van der Waals surface area (Å²) >= 11 is 0. The molecule has 2 atom stereocenters. The minimum absolute atomic E-state index is 0.166. The van der Waals surface area contributed by atoms with Crippen molar-refractivity contribution in [1.82, 2.24) is 0 Å². The van der Waals surface area contributed by atoms with Gasteiger partial charge in [0.2, 0.25) is 0 Å². The lowest BCUT2D eigenvalue weighted by Gasteiger charge is -2.31. The Morgan fingerprint density at radius 1 is 0.913 bits per heavy atom. The number of hydrogen-bond acceptors (Lipinski definition) is 2. The molecular formula is C20H23O2P. The van der Waals surface area contributed by atoms with Gasteiger partial charge in [-0.2, -0.15) is 0 Å². The molecule has 1 saturated carbocycles. The minimum atomic E-state index is -2.99. The zero-order valence-corrected chi connectivity index (χ0v) is 14.6. The van der Waals surface area contributed by atoms with Gasteiger partial charge in [0.05, 0.1) is 5.66 Å². The summed E-state index contributed by atoms with van der Waals surface area (Å²) in [4.78, 5) is 12.7. The van der Waals surface area contributed by atoms with Crippen LogP contribution in [0.1, 0.15) is 26.7 Å². The Kier molecular flexibility index (Phi) is 4.55. The van der Waals surface area contributed by atoms with Crippen molar-refractivity contribution in [3.05, 3.63) is 60.7 Å². The molecule has 0 unspecified atom stereocenters. The monoisotopic (exact) mass is 326 g/mol. The molecule has 0 spiro atoms. The molecule has 2 nitrogen and oxygen atoms in total. The van der Waals surface area contributed by atoms with Crippen molar-refractivity contribution in [3.63, 3.8) is 0 Å². The lowest BCUT2D eigenvalue weighted by Crippen LogP contribution is -2.34. The average Bonchev–Trinajstić information content (AvgIpc) is 2.98. The fourth-order valence-electron chi connectivity index (χ4n) is 3.79. The van der Waals surface area contributed by atoms with Gasteiger partial charge < -0.3 is 4.57 Å². The molecule has 0 saturated heterocycles. The summed E-state index contributed by atoms with van der Waals surface area (Å²) < 4.78 is 14.3. The van der Waals surface area contributed by atoms with E-state index in [1.54, 1.807) is 0 Å². The molecule has 0 N–H and O–H groups in total. The van der Waals surface area contributed by atoms with Crippen LogP contribution in [-0.2, 0) is 9.36 Å². The number of rotatable bonds is 4. The second kappa shape index (κ2) is 6.45. The van der Waals surface area contributed by atoms with Gasteiger partial charge in [-0.15, -0.1) is 0 Å². The Labute approximate surface area is 138 Å². The summed E-state index contributed by atoms with van der Waals surface area (Å²) in [6, 6.07) is 19.2. The second-order valence-electron chi connectivity index (χ2n) is 6.69. The van der Waals surface area contributed by atoms with Crippen LogP contribution in [-0.4, -0.2) is 11.4 Å². The predicted molar refractivity (Wildman–Crippen MR) is 96.1 cm³/mol. The van der Waals surface area contributed by atoms with Crippen molar-refractivity contribution in [2.45, 2.75) is 32.3 Å². The Balaban J connectivity index is 2.21. The highest BCUT2D eigenvalue weighted by Gasteiger charge is 2.49. The van der Waals surface area contributed by atoms with Crippen molar-refractivity contribution < 1.29 is 9.36 Å². The number of hydrogen-bond donors (Lipinski definition) is 0. The fraction of sp³-hybridized carbons (Fsp3) is 0.350.